The Kier molecular flexibility index (Phi) is 15.6. The van der Waals surface area contributed by atoms with E-state index in [1.807, 2.05) is 14.2 Å². The van der Waals surface area contributed by atoms with E-state index in [1.165, 1.54) is 66.8 Å². The van der Waals surface area contributed by atoms with Gasteiger partial charge >= 0.3 is 0 Å². The monoisotopic (exact) mass is 939 g/mol. The van der Waals surface area contributed by atoms with Crippen molar-refractivity contribution in [2.24, 2.45) is 0 Å². The molecule has 0 spiro atoms. The van der Waals surface area contributed by atoms with Gasteiger partial charge in [0.2, 0.25) is 0 Å². The summed E-state index contributed by atoms with van der Waals surface area (Å²) in [5.41, 5.74) is 17.9. The summed E-state index contributed by atoms with van der Waals surface area (Å²) in [6, 6.07) is 47.2. The van der Waals surface area contributed by atoms with Gasteiger partial charge in [0.15, 0.2) is 0 Å². The fraction of sp³-hybridized carbons (Fsp3) is 0.471. The molecule has 0 saturated carbocycles. The molecule has 6 aromatic carbocycles. The van der Waals surface area contributed by atoms with Gasteiger partial charge in [-0.05, 0) is 146 Å². The van der Waals surface area contributed by atoms with Crippen molar-refractivity contribution in [1.82, 2.24) is 0 Å². The number of hydrogen-bond acceptors (Lipinski definition) is 2. The first-order chi connectivity index (χ1) is 32.4. The van der Waals surface area contributed by atoms with E-state index in [4.69, 9.17) is 9.47 Å². The first-order valence-electron chi connectivity index (χ1n) is 26.3. The second kappa shape index (κ2) is 20.0. The SMILES string of the molecule is COC(c1ccc(C(C)(C)C)cc1)(c1ccc(C(C)(C)C)cc1)c1cc(-c2cc(C(OC)(c3ccc(C(C)(C)C)cc3)c3ccc(C(C)(C)C)cc3)c(C(C)C)cc2C(C)C)c(C(C)C)cc1C(C)C. The van der Waals surface area contributed by atoms with Crippen molar-refractivity contribution in [2.45, 2.75) is 195 Å². The van der Waals surface area contributed by atoms with Gasteiger partial charge < -0.3 is 9.47 Å². The van der Waals surface area contributed by atoms with E-state index in [0.717, 1.165) is 22.3 Å². The van der Waals surface area contributed by atoms with E-state index in [0.29, 0.717) is 0 Å². The predicted molar refractivity (Wildman–Crippen MR) is 303 cm³/mol. The van der Waals surface area contributed by atoms with Crippen molar-refractivity contribution in [1.29, 1.82) is 0 Å². The number of hydrogen-bond donors (Lipinski definition) is 0. The number of methoxy groups -OCH3 is 2. The summed E-state index contributed by atoms with van der Waals surface area (Å²) in [6.07, 6.45) is 0. The summed E-state index contributed by atoms with van der Waals surface area (Å²) < 4.78 is 14.4. The van der Waals surface area contributed by atoms with Crippen LogP contribution in [0.15, 0.2) is 121 Å². The molecule has 2 nitrogen and oxygen atoms in total. The van der Waals surface area contributed by atoms with E-state index < -0.39 is 11.2 Å². The highest BCUT2D eigenvalue weighted by Gasteiger charge is 2.43. The van der Waals surface area contributed by atoms with Crippen LogP contribution in [0.2, 0.25) is 0 Å². The molecule has 0 unspecified atom stereocenters. The molecule has 2 heteroatoms. The van der Waals surface area contributed by atoms with Gasteiger partial charge in [-0.1, -0.05) is 248 Å². The molecule has 0 aliphatic heterocycles. The van der Waals surface area contributed by atoms with Crippen LogP contribution in [0, 0.1) is 0 Å². The fourth-order valence-corrected chi connectivity index (χ4v) is 10.7. The molecular formula is C68H90O2. The lowest BCUT2D eigenvalue weighted by Gasteiger charge is -2.39. The standard InChI is InChI=1S/C68H90O2/c1-43(2)55-39-57(45(5)6)61(67(69-21,51-31-23-47(24-32-51)63(9,10)11)52-33-25-48(26-34-52)64(12,13)14)41-59(55)60-42-62(58(46(7)8)40-56(60)44(3)4)68(70-22,53-35-27-49(28-36-53)65(15,16)17)54-37-29-50(30-38-54)66(18,19)20/h23-46H,1-22H3. The summed E-state index contributed by atoms with van der Waals surface area (Å²) in [5, 5.41) is 0. The Hall–Kier alpha value is -4.76. The third kappa shape index (κ3) is 10.4. The Morgan fingerprint density at radius 3 is 0.614 bits per heavy atom. The molecule has 0 atom stereocenters. The Balaban J connectivity index is 1.82. The number of rotatable bonds is 13. The molecule has 70 heavy (non-hydrogen) atoms. The predicted octanol–water partition coefficient (Wildman–Crippen LogP) is 18.9. The maximum absolute atomic E-state index is 7.22. The largest absolute Gasteiger partial charge is 0.364 e. The van der Waals surface area contributed by atoms with Gasteiger partial charge in [0.25, 0.3) is 0 Å². The first-order valence-corrected chi connectivity index (χ1v) is 26.3. The minimum absolute atomic E-state index is 0.00554. The van der Waals surface area contributed by atoms with Gasteiger partial charge in [0.1, 0.15) is 11.2 Å². The Labute approximate surface area is 427 Å². The molecule has 0 fully saturated rings. The topological polar surface area (TPSA) is 18.5 Å². The third-order valence-electron chi connectivity index (χ3n) is 15.2. The molecule has 0 aliphatic carbocycles. The maximum atomic E-state index is 7.22. The van der Waals surface area contributed by atoms with E-state index in [-0.39, 0.29) is 45.3 Å². The Morgan fingerprint density at radius 1 is 0.271 bits per heavy atom. The second-order valence-corrected chi connectivity index (χ2v) is 25.8. The summed E-state index contributed by atoms with van der Waals surface area (Å²) in [5.74, 6) is 0.919. The molecule has 0 saturated heterocycles. The van der Waals surface area contributed by atoms with Crippen LogP contribution in [0.25, 0.3) is 11.1 Å². The molecule has 0 radical (unpaired) electrons. The normalized spacial score (nSPS) is 13.3. The van der Waals surface area contributed by atoms with Crippen LogP contribution < -0.4 is 0 Å². The zero-order valence-electron chi connectivity index (χ0n) is 47.7. The van der Waals surface area contributed by atoms with Crippen molar-refractivity contribution in [3.05, 3.63) is 199 Å². The highest BCUT2D eigenvalue weighted by molar-refractivity contribution is 5.77. The van der Waals surface area contributed by atoms with Crippen molar-refractivity contribution in [3.8, 4) is 11.1 Å². The van der Waals surface area contributed by atoms with E-state index in [9.17, 15) is 0 Å². The van der Waals surface area contributed by atoms with Crippen molar-refractivity contribution in [2.75, 3.05) is 14.2 Å². The maximum Gasteiger partial charge on any atom is 0.143 e. The minimum atomic E-state index is -0.921. The fourth-order valence-electron chi connectivity index (χ4n) is 10.7. The van der Waals surface area contributed by atoms with Gasteiger partial charge in [-0.2, -0.15) is 0 Å². The average molecular weight is 939 g/mol. The zero-order chi connectivity index (χ0) is 52.1. The molecule has 0 N–H and O–H groups in total. The molecule has 0 heterocycles. The zero-order valence-corrected chi connectivity index (χ0v) is 47.7. The van der Waals surface area contributed by atoms with Crippen molar-refractivity contribution >= 4 is 0 Å². The smallest absolute Gasteiger partial charge is 0.143 e. The Bertz CT molecular complexity index is 2400. The summed E-state index contributed by atoms with van der Waals surface area (Å²) >= 11 is 0. The second-order valence-electron chi connectivity index (χ2n) is 25.8. The molecule has 6 rings (SSSR count). The molecular weight excluding hydrogens is 849 g/mol. The van der Waals surface area contributed by atoms with E-state index >= 15 is 0 Å². The van der Waals surface area contributed by atoms with E-state index in [1.54, 1.807) is 0 Å². The molecule has 6 aromatic rings. The van der Waals surface area contributed by atoms with Gasteiger partial charge in [-0.25, -0.2) is 0 Å². The van der Waals surface area contributed by atoms with Crippen LogP contribution in [0.1, 0.15) is 240 Å². The van der Waals surface area contributed by atoms with Crippen LogP contribution in [0.3, 0.4) is 0 Å². The average Bonchev–Trinajstić information content (AvgIpc) is 3.28. The van der Waals surface area contributed by atoms with Crippen LogP contribution in [-0.2, 0) is 42.3 Å². The van der Waals surface area contributed by atoms with Crippen molar-refractivity contribution < 1.29 is 9.47 Å². The van der Waals surface area contributed by atoms with Crippen LogP contribution in [0.5, 0.6) is 0 Å². The quantitative estimate of drug-likeness (QED) is 0.107. The van der Waals surface area contributed by atoms with Gasteiger partial charge in [0.05, 0.1) is 0 Å². The van der Waals surface area contributed by atoms with Crippen molar-refractivity contribution in [3.63, 3.8) is 0 Å². The summed E-state index contributed by atoms with van der Waals surface area (Å²) in [6.45, 7) is 46.2. The number of ether oxygens (including phenoxy) is 2. The number of benzene rings is 6. The molecule has 0 bridgehead atoms. The van der Waals surface area contributed by atoms with Gasteiger partial charge in [0, 0.05) is 14.2 Å². The third-order valence-corrected chi connectivity index (χ3v) is 15.2. The van der Waals surface area contributed by atoms with Crippen LogP contribution >= 0.6 is 0 Å². The van der Waals surface area contributed by atoms with Crippen LogP contribution in [-0.4, -0.2) is 14.2 Å². The van der Waals surface area contributed by atoms with E-state index in [2.05, 4.69) is 260 Å². The lowest BCUT2D eigenvalue weighted by molar-refractivity contribution is 0.0573. The molecule has 374 valence electrons. The summed E-state index contributed by atoms with van der Waals surface area (Å²) in [7, 11) is 3.82. The summed E-state index contributed by atoms with van der Waals surface area (Å²) in [4.78, 5) is 0. The van der Waals surface area contributed by atoms with Crippen LogP contribution in [0.4, 0.5) is 0 Å². The first kappa shape index (κ1) is 54.6. The molecule has 0 amide bonds. The lowest BCUT2D eigenvalue weighted by atomic mass is 9.70. The highest BCUT2D eigenvalue weighted by atomic mass is 16.5. The molecule has 0 aromatic heterocycles. The van der Waals surface area contributed by atoms with Gasteiger partial charge in [-0.15, -0.1) is 0 Å². The van der Waals surface area contributed by atoms with Gasteiger partial charge in [-0.3, -0.25) is 0 Å². The molecule has 0 aliphatic rings. The highest BCUT2D eigenvalue weighted by Crippen LogP contribution is 2.51. The lowest BCUT2D eigenvalue weighted by Crippen LogP contribution is -2.34. The minimum Gasteiger partial charge on any atom is -0.364 e. The Morgan fingerprint density at radius 2 is 0.457 bits per heavy atom.